The molecule has 0 aliphatic rings. The molecule has 6 nitrogen and oxygen atoms in total. The summed E-state index contributed by atoms with van der Waals surface area (Å²) in [7, 11) is 1.56. The minimum Gasteiger partial charge on any atom is -0.493 e. The average molecular weight is 391 g/mol. The molecule has 2 aromatic carbocycles. The molecule has 0 saturated carbocycles. The second-order valence-corrected chi connectivity index (χ2v) is 6.73. The van der Waals surface area contributed by atoms with Gasteiger partial charge in [-0.2, -0.15) is 5.10 Å². The highest BCUT2D eigenvalue weighted by atomic mass is 16.5. The van der Waals surface area contributed by atoms with Crippen molar-refractivity contribution < 1.29 is 14.3 Å². The van der Waals surface area contributed by atoms with Crippen LogP contribution in [0.4, 0.5) is 0 Å². The van der Waals surface area contributed by atoms with Crippen LogP contribution in [0.2, 0.25) is 0 Å². The molecule has 3 rings (SSSR count). The Hall–Kier alpha value is -3.54. The fourth-order valence-corrected chi connectivity index (χ4v) is 3.10. The van der Waals surface area contributed by atoms with Crippen molar-refractivity contribution in [3.63, 3.8) is 0 Å². The van der Waals surface area contributed by atoms with Crippen LogP contribution in [0.1, 0.15) is 22.5 Å². The Morgan fingerprint density at radius 2 is 1.76 bits per heavy atom. The zero-order valence-corrected chi connectivity index (χ0v) is 17.1. The minimum absolute atomic E-state index is 0.153. The molecule has 0 radical (unpaired) electrons. The molecule has 3 aromatic rings. The molecule has 150 valence electrons. The number of hydrazone groups is 1. The molecule has 1 N–H and O–H groups in total. The summed E-state index contributed by atoms with van der Waals surface area (Å²) in [5.74, 6) is 0.739. The van der Waals surface area contributed by atoms with Crippen LogP contribution >= 0.6 is 0 Å². The molecular weight excluding hydrogens is 366 g/mol. The van der Waals surface area contributed by atoms with Crippen LogP contribution in [0.3, 0.4) is 0 Å². The Balaban J connectivity index is 1.62. The van der Waals surface area contributed by atoms with Crippen LogP contribution in [-0.2, 0) is 4.79 Å². The highest BCUT2D eigenvalue weighted by molar-refractivity contribution is 5.84. The number of hydrogen-bond donors (Lipinski definition) is 1. The summed E-state index contributed by atoms with van der Waals surface area (Å²) in [5.41, 5.74) is 7.90. The number of methoxy groups -OCH3 is 1. The van der Waals surface area contributed by atoms with Crippen LogP contribution in [-0.4, -0.2) is 30.4 Å². The van der Waals surface area contributed by atoms with Gasteiger partial charge in [0.2, 0.25) is 0 Å². The molecule has 0 unspecified atom stereocenters. The summed E-state index contributed by atoms with van der Waals surface area (Å²) in [6.45, 7) is 5.99. The first kappa shape index (κ1) is 20.2. The van der Waals surface area contributed by atoms with Gasteiger partial charge in [-0.05, 0) is 51.1 Å². The summed E-state index contributed by atoms with van der Waals surface area (Å²) >= 11 is 0. The van der Waals surface area contributed by atoms with Crippen molar-refractivity contribution >= 4 is 12.1 Å². The maximum atomic E-state index is 12.0. The number of ether oxygens (including phenoxy) is 2. The maximum absolute atomic E-state index is 12.0. The van der Waals surface area contributed by atoms with Crippen molar-refractivity contribution in [2.45, 2.75) is 20.8 Å². The fourth-order valence-electron chi connectivity index (χ4n) is 3.10. The number of nitrogens with zero attached hydrogens (tertiary/aromatic N) is 2. The third-order valence-electron chi connectivity index (χ3n) is 4.58. The molecular formula is C23H25N3O3. The Bertz CT molecular complexity index is 1020. The average Bonchev–Trinajstić information content (AvgIpc) is 3.00. The predicted octanol–water partition coefficient (Wildman–Crippen LogP) is 3.94. The largest absolute Gasteiger partial charge is 0.493 e. The molecule has 1 amide bonds. The van der Waals surface area contributed by atoms with Crippen molar-refractivity contribution in [2.75, 3.05) is 13.7 Å². The van der Waals surface area contributed by atoms with E-state index in [4.69, 9.17) is 9.47 Å². The summed E-state index contributed by atoms with van der Waals surface area (Å²) in [6.07, 6.45) is 1.65. The van der Waals surface area contributed by atoms with E-state index in [1.54, 1.807) is 25.5 Å². The zero-order chi connectivity index (χ0) is 20.8. The van der Waals surface area contributed by atoms with E-state index >= 15 is 0 Å². The quantitative estimate of drug-likeness (QED) is 0.490. The second kappa shape index (κ2) is 9.10. The number of aromatic nitrogens is 1. The third-order valence-corrected chi connectivity index (χ3v) is 4.58. The van der Waals surface area contributed by atoms with Crippen LogP contribution in [0.25, 0.3) is 5.69 Å². The zero-order valence-electron chi connectivity index (χ0n) is 17.1. The van der Waals surface area contributed by atoms with E-state index in [1.807, 2.05) is 32.0 Å². The number of amides is 1. The van der Waals surface area contributed by atoms with E-state index < -0.39 is 0 Å². The number of hydrogen-bond acceptors (Lipinski definition) is 4. The van der Waals surface area contributed by atoms with Crippen LogP contribution < -0.4 is 14.9 Å². The molecule has 1 heterocycles. The van der Waals surface area contributed by atoms with Gasteiger partial charge in [0.15, 0.2) is 18.1 Å². The van der Waals surface area contributed by atoms with E-state index in [0.29, 0.717) is 11.5 Å². The van der Waals surface area contributed by atoms with Gasteiger partial charge in [-0.15, -0.1) is 0 Å². The summed E-state index contributed by atoms with van der Waals surface area (Å²) in [5, 5.41) is 4.07. The van der Waals surface area contributed by atoms with Crippen molar-refractivity contribution in [3.05, 3.63) is 77.1 Å². The number of aryl methyl sites for hydroxylation is 2. The van der Waals surface area contributed by atoms with Crippen LogP contribution in [0.5, 0.6) is 11.5 Å². The lowest BCUT2D eigenvalue weighted by molar-refractivity contribution is -0.123. The van der Waals surface area contributed by atoms with E-state index in [9.17, 15) is 4.79 Å². The van der Waals surface area contributed by atoms with Gasteiger partial charge in [-0.1, -0.05) is 29.8 Å². The molecule has 0 bridgehead atoms. The van der Waals surface area contributed by atoms with Gasteiger partial charge in [-0.3, -0.25) is 4.79 Å². The molecule has 6 heteroatoms. The lowest BCUT2D eigenvalue weighted by Gasteiger charge is -2.10. The highest BCUT2D eigenvalue weighted by Gasteiger charge is 2.10. The maximum Gasteiger partial charge on any atom is 0.277 e. The Kier molecular flexibility index (Phi) is 6.34. The van der Waals surface area contributed by atoms with Crippen LogP contribution in [0, 0.1) is 20.8 Å². The van der Waals surface area contributed by atoms with Gasteiger partial charge in [-0.25, -0.2) is 5.43 Å². The first-order chi connectivity index (χ1) is 14.0. The van der Waals surface area contributed by atoms with E-state index in [1.165, 1.54) is 5.56 Å². The lowest BCUT2D eigenvalue weighted by Crippen LogP contribution is -2.24. The number of carbonyl (C=O) groups excluding carboxylic acids is 1. The Morgan fingerprint density at radius 3 is 2.45 bits per heavy atom. The molecule has 0 saturated heterocycles. The predicted molar refractivity (Wildman–Crippen MR) is 114 cm³/mol. The van der Waals surface area contributed by atoms with Crippen molar-refractivity contribution in [2.24, 2.45) is 5.10 Å². The summed E-state index contributed by atoms with van der Waals surface area (Å²) < 4.78 is 12.8. The van der Waals surface area contributed by atoms with Gasteiger partial charge < -0.3 is 14.0 Å². The first-order valence-corrected chi connectivity index (χ1v) is 9.33. The first-order valence-electron chi connectivity index (χ1n) is 9.33. The minimum atomic E-state index is -0.348. The monoisotopic (exact) mass is 391 g/mol. The normalized spacial score (nSPS) is 10.9. The number of para-hydroxylation sites is 2. The van der Waals surface area contributed by atoms with E-state index in [2.05, 4.69) is 46.3 Å². The van der Waals surface area contributed by atoms with Gasteiger partial charge in [0.25, 0.3) is 5.91 Å². The van der Waals surface area contributed by atoms with Crippen molar-refractivity contribution in [3.8, 4) is 17.2 Å². The van der Waals surface area contributed by atoms with Gasteiger partial charge in [0.05, 0.1) is 13.3 Å². The Labute approximate surface area is 170 Å². The second-order valence-electron chi connectivity index (χ2n) is 6.73. The van der Waals surface area contributed by atoms with E-state index in [0.717, 1.165) is 22.6 Å². The fraction of sp³-hybridized carbons (Fsp3) is 0.217. The number of rotatable bonds is 7. The van der Waals surface area contributed by atoms with Gasteiger partial charge in [0, 0.05) is 22.6 Å². The SMILES string of the molecule is COc1ccccc1OCC(=O)N/N=C/c1cc(C)n(-c2ccc(C)cc2)c1C. The molecule has 0 aliphatic carbocycles. The summed E-state index contributed by atoms with van der Waals surface area (Å²) in [6, 6.07) is 17.6. The molecule has 0 spiro atoms. The highest BCUT2D eigenvalue weighted by Crippen LogP contribution is 2.25. The summed E-state index contributed by atoms with van der Waals surface area (Å²) in [4.78, 5) is 12.0. The third kappa shape index (κ3) is 4.85. The molecule has 0 fully saturated rings. The number of carbonyl (C=O) groups is 1. The topological polar surface area (TPSA) is 64.8 Å². The van der Waals surface area contributed by atoms with Crippen molar-refractivity contribution in [1.29, 1.82) is 0 Å². The molecule has 0 atom stereocenters. The Morgan fingerprint density at radius 1 is 1.07 bits per heavy atom. The molecule has 29 heavy (non-hydrogen) atoms. The van der Waals surface area contributed by atoms with Crippen LogP contribution in [0.15, 0.2) is 59.7 Å². The lowest BCUT2D eigenvalue weighted by atomic mass is 10.2. The molecule has 0 aliphatic heterocycles. The van der Waals surface area contributed by atoms with Gasteiger partial charge >= 0.3 is 0 Å². The molecule has 1 aromatic heterocycles. The smallest absolute Gasteiger partial charge is 0.277 e. The van der Waals surface area contributed by atoms with Gasteiger partial charge in [0.1, 0.15) is 0 Å². The van der Waals surface area contributed by atoms with E-state index in [-0.39, 0.29) is 12.5 Å². The number of benzene rings is 2. The van der Waals surface area contributed by atoms with Crippen molar-refractivity contribution in [1.82, 2.24) is 9.99 Å². The standard InChI is InChI=1S/C23H25N3O3/c1-16-9-11-20(12-10-16)26-17(2)13-19(18(26)3)14-24-25-23(27)15-29-22-8-6-5-7-21(22)28-4/h5-14H,15H2,1-4H3,(H,25,27)/b24-14+. The number of nitrogens with one attached hydrogen (secondary N) is 1.